The first kappa shape index (κ1) is 18.1. The van der Waals surface area contributed by atoms with Gasteiger partial charge < -0.3 is 13.9 Å². The Morgan fingerprint density at radius 2 is 1.89 bits per heavy atom. The van der Waals surface area contributed by atoms with E-state index >= 15 is 0 Å². The van der Waals surface area contributed by atoms with Crippen molar-refractivity contribution in [2.24, 2.45) is 0 Å². The third-order valence-electron chi connectivity index (χ3n) is 5.00. The van der Waals surface area contributed by atoms with Crippen LogP contribution in [-0.2, 0) is 13.1 Å². The average molecular weight is 428 g/mol. The molecule has 4 rings (SSSR count). The van der Waals surface area contributed by atoms with Crippen molar-refractivity contribution in [1.29, 1.82) is 0 Å². The topological polar surface area (TPSA) is 41.6 Å². The van der Waals surface area contributed by atoms with Gasteiger partial charge in [-0.25, -0.2) is 0 Å². The summed E-state index contributed by atoms with van der Waals surface area (Å²) in [5.74, 6) is 0.0544. The van der Waals surface area contributed by atoms with Crippen LogP contribution < -0.4 is 0 Å². The van der Waals surface area contributed by atoms with Crippen molar-refractivity contribution in [3.63, 3.8) is 0 Å². The maximum absolute atomic E-state index is 13.1. The van der Waals surface area contributed by atoms with Crippen molar-refractivity contribution >= 4 is 32.9 Å². The van der Waals surface area contributed by atoms with Crippen LogP contribution in [0.25, 0.3) is 11.1 Å². The Kier molecular flexibility index (Phi) is 5.18. The van der Waals surface area contributed by atoms with Crippen LogP contribution in [-0.4, -0.2) is 46.5 Å². The van der Waals surface area contributed by atoms with E-state index in [1.54, 1.807) is 6.08 Å². The van der Waals surface area contributed by atoms with Crippen molar-refractivity contribution in [2.75, 3.05) is 26.2 Å². The molecule has 27 heavy (non-hydrogen) atoms. The summed E-state index contributed by atoms with van der Waals surface area (Å²) in [6.45, 7) is 8.54. The molecule has 0 atom stereocenters. The number of hydrogen-bond acceptors (Lipinski definition) is 3. The van der Waals surface area contributed by atoms with Gasteiger partial charge in [-0.3, -0.25) is 9.69 Å². The monoisotopic (exact) mass is 427 g/mol. The second-order valence-corrected chi connectivity index (χ2v) is 7.56. The van der Waals surface area contributed by atoms with E-state index in [9.17, 15) is 4.79 Å². The summed E-state index contributed by atoms with van der Waals surface area (Å²) in [5, 5.41) is 0. The number of piperazine rings is 1. The van der Waals surface area contributed by atoms with Crippen LogP contribution in [0.5, 0.6) is 0 Å². The lowest BCUT2D eigenvalue weighted by atomic mass is 10.2. The minimum atomic E-state index is 0.0544. The SMILES string of the molecule is C=CCn1c(C(=O)N2CCN(Cc3ccccc3)CC2)cc2oc(Br)cc21. The van der Waals surface area contributed by atoms with E-state index < -0.39 is 0 Å². The first-order valence-electron chi connectivity index (χ1n) is 9.10. The lowest BCUT2D eigenvalue weighted by Crippen LogP contribution is -2.48. The molecule has 0 N–H and O–H groups in total. The standard InChI is InChI=1S/C21H22BrN3O2/c1-2-8-25-17-14-20(22)27-19(17)13-18(25)21(26)24-11-9-23(10-12-24)15-16-6-4-3-5-7-16/h2-7,13-14H,1,8-12,15H2. The first-order chi connectivity index (χ1) is 13.2. The second kappa shape index (κ2) is 7.74. The van der Waals surface area contributed by atoms with Crippen molar-refractivity contribution < 1.29 is 9.21 Å². The van der Waals surface area contributed by atoms with Gasteiger partial charge in [-0.1, -0.05) is 36.4 Å². The van der Waals surface area contributed by atoms with Crippen molar-refractivity contribution in [1.82, 2.24) is 14.4 Å². The Morgan fingerprint density at radius 1 is 1.15 bits per heavy atom. The molecule has 1 aliphatic rings. The Hall–Kier alpha value is -2.31. The minimum absolute atomic E-state index is 0.0544. The van der Waals surface area contributed by atoms with Crippen molar-refractivity contribution in [3.05, 3.63) is 71.0 Å². The number of hydrogen-bond donors (Lipinski definition) is 0. The summed E-state index contributed by atoms with van der Waals surface area (Å²) in [6, 6.07) is 14.2. The van der Waals surface area contributed by atoms with E-state index in [0.717, 1.165) is 43.8 Å². The summed E-state index contributed by atoms with van der Waals surface area (Å²) in [5.41, 5.74) is 3.60. The number of amides is 1. The lowest BCUT2D eigenvalue weighted by molar-refractivity contribution is 0.0619. The van der Waals surface area contributed by atoms with Crippen molar-refractivity contribution in [3.8, 4) is 0 Å². The van der Waals surface area contributed by atoms with Gasteiger partial charge in [0.25, 0.3) is 5.91 Å². The van der Waals surface area contributed by atoms with Crippen LogP contribution in [0.1, 0.15) is 16.1 Å². The maximum atomic E-state index is 13.1. The molecule has 3 aromatic rings. The predicted octanol–water partition coefficient (Wildman–Crippen LogP) is 4.14. The molecule has 0 radical (unpaired) electrons. The fourth-order valence-electron chi connectivity index (χ4n) is 3.63. The molecule has 1 amide bonds. The van der Waals surface area contributed by atoms with Gasteiger partial charge in [0.1, 0.15) is 5.69 Å². The first-order valence-corrected chi connectivity index (χ1v) is 9.90. The largest absolute Gasteiger partial charge is 0.448 e. The third kappa shape index (κ3) is 3.73. The zero-order chi connectivity index (χ0) is 18.8. The number of carbonyl (C=O) groups is 1. The molecule has 6 heteroatoms. The van der Waals surface area contributed by atoms with Crippen LogP contribution in [0, 0.1) is 0 Å². The van der Waals surface area contributed by atoms with Gasteiger partial charge in [-0.2, -0.15) is 0 Å². The van der Waals surface area contributed by atoms with E-state index in [-0.39, 0.29) is 5.91 Å². The molecule has 1 aliphatic heterocycles. The number of furan rings is 1. The molecule has 0 unspecified atom stereocenters. The van der Waals surface area contributed by atoms with Gasteiger partial charge in [0.15, 0.2) is 10.3 Å². The lowest BCUT2D eigenvalue weighted by Gasteiger charge is -2.34. The number of allylic oxidation sites excluding steroid dienone is 1. The number of aromatic nitrogens is 1. The van der Waals surface area contributed by atoms with Gasteiger partial charge >= 0.3 is 0 Å². The molecular formula is C21H22BrN3O2. The number of benzene rings is 1. The van der Waals surface area contributed by atoms with Crippen LogP contribution in [0.4, 0.5) is 0 Å². The molecule has 2 aromatic heterocycles. The third-order valence-corrected chi connectivity index (χ3v) is 5.39. The maximum Gasteiger partial charge on any atom is 0.270 e. The number of halogens is 1. The second-order valence-electron chi connectivity index (χ2n) is 6.78. The molecule has 1 aromatic carbocycles. The molecule has 1 fully saturated rings. The van der Waals surface area contributed by atoms with Crippen molar-refractivity contribution in [2.45, 2.75) is 13.1 Å². The molecule has 0 bridgehead atoms. The van der Waals surface area contributed by atoms with E-state index in [1.807, 2.05) is 27.7 Å². The average Bonchev–Trinajstić information content (AvgIpc) is 3.20. The Bertz CT molecular complexity index is 953. The fourth-order valence-corrected chi connectivity index (χ4v) is 4.02. The highest BCUT2D eigenvalue weighted by Crippen LogP contribution is 2.28. The molecule has 0 aliphatic carbocycles. The van der Waals surface area contributed by atoms with Crippen LogP contribution in [0.2, 0.25) is 0 Å². The smallest absolute Gasteiger partial charge is 0.270 e. The highest BCUT2D eigenvalue weighted by atomic mass is 79.9. The molecule has 0 saturated carbocycles. The molecule has 5 nitrogen and oxygen atoms in total. The zero-order valence-corrected chi connectivity index (χ0v) is 16.7. The Labute approximate surface area is 167 Å². The summed E-state index contributed by atoms with van der Waals surface area (Å²) in [7, 11) is 0. The Morgan fingerprint density at radius 3 is 2.59 bits per heavy atom. The molecule has 3 heterocycles. The molecule has 0 spiro atoms. The van der Waals surface area contributed by atoms with Gasteiger partial charge in [-0.15, -0.1) is 6.58 Å². The highest BCUT2D eigenvalue weighted by molar-refractivity contribution is 9.10. The molecular weight excluding hydrogens is 406 g/mol. The summed E-state index contributed by atoms with van der Waals surface area (Å²) in [4.78, 5) is 17.4. The summed E-state index contributed by atoms with van der Waals surface area (Å²) < 4.78 is 8.27. The van der Waals surface area contributed by atoms with Crippen LogP contribution in [0.15, 0.2) is 64.2 Å². The van der Waals surface area contributed by atoms with Gasteiger partial charge in [0.05, 0.1) is 5.52 Å². The Balaban J connectivity index is 1.46. The fraction of sp³-hybridized carbons (Fsp3) is 0.286. The number of nitrogens with zero attached hydrogens (tertiary/aromatic N) is 3. The number of fused-ring (bicyclic) bond motifs is 1. The van der Waals surface area contributed by atoms with E-state index in [1.165, 1.54) is 5.56 Å². The van der Waals surface area contributed by atoms with E-state index in [0.29, 0.717) is 16.9 Å². The van der Waals surface area contributed by atoms with Gasteiger partial charge in [0, 0.05) is 51.4 Å². The van der Waals surface area contributed by atoms with Gasteiger partial charge in [0.2, 0.25) is 0 Å². The highest BCUT2D eigenvalue weighted by Gasteiger charge is 2.26. The zero-order valence-electron chi connectivity index (χ0n) is 15.1. The van der Waals surface area contributed by atoms with Crippen LogP contribution >= 0.6 is 15.9 Å². The summed E-state index contributed by atoms with van der Waals surface area (Å²) in [6.07, 6.45) is 1.80. The minimum Gasteiger partial charge on any atom is -0.448 e. The molecule has 140 valence electrons. The van der Waals surface area contributed by atoms with Gasteiger partial charge in [-0.05, 0) is 21.5 Å². The quantitative estimate of drug-likeness (QED) is 0.574. The predicted molar refractivity (Wildman–Crippen MR) is 110 cm³/mol. The normalized spacial score (nSPS) is 15.4. The van der Waals surface area contributed by atoms with E-state index in [2.05, 4.69) is 51.7 Å². The number of carbonyl (C=O) groups excluding carboxylic acids is 1. The van der Waals surface area contributed by atoms with E-state index in [4.69, 9.17) is 4.42 Å². The summed E-state index contributed by atoms with van der Waals surface area (Å²) >= 11 is 3.35. The number of rotatable bonds is 5. The molecule has 1 saturated heterocycles. The van der Waals surface area contributed by atoms with Crippen LogP contribution in [0.3, 0.4) is 0 Å².